The summed E-state index contributed by atoms with van der Waals surface area (Å²) in [7, 11) is 0. The molecule has 0 atom stereocenters. The van der Waals surface area contributed by atoms with Gasteiger partial charge in [-0.3, -0.25) is 4.90 Å². The maximum atomic E-state index is 13.2. The van der Waals surface area contributed by atoms with Gasteiger partial charge in [-0.15, -0.1) is 10.2 Å². The predicted molar refractivity (Wildman–Crippen MR) is 80.3 cm³/mol. The van der Waals surface area contributed by atoms with Crippen LogP contribution in [0.5, 0.6) is 0 Å². The second kappa shape index (κ2) is 5.73. The molecule has 1 aliphatic rings. The lowest BCUT2D eigenvalue weighted by atomic mass is 9.91. The summed E-state index contributed by atoms with van der Waals surface area (Å²) in [6, 6.07) is 4.60. The molecule has 3 heterocycles. The molecule has 0 unspecified atom stereocenters. The average Bonchev–Trinajstić information content (AvgIpc) is 3.14. The molecule has 1 saturated heterocycles. The van der Waals surface area contributed by atoms with Crippen molar-refractivity contribution >= 4 is 11.0 Å². The van der Waals surface area contributed by atoms with Gasteiger partial charge in [-0.05, 0) is 38.1 Å². The predicted octanol–water partition coefficient (Wildman–Crippen LogP) is 3.04. The molecule has 3 aromatic rings. The molecule has 0 radical (unpaired) electrons. The van der Waals surface area contributed by atoms with Crippen molar-refractivity contribution in [1.29, 1.82) is 0 Å². The standard InChI is InChI=1S/C16H17FN4O2/c1-10-18-19-15(22-10)9-21-6-4-11(5-7-21)16-13-3-2-12(17)8-14(13)23-20-16/h2-3,8,11H,4-7,9H2,1H3. The largest absolute Gasteiger partial charge is 0.424 e. The molecule has 1 aromatic carbocycles. The number of likely N-dealkylation sites (tertiary alicyclic amines) is 1. The zero-order valence-electron chi connectivity index (χ0n) is 12.8. The Bertz CT molecular complexity index is 820. The van der Waals surface area contributed by atoms with Crippen molar-refractivity contribution < 1.29 is 13.3 Å². The van der Waals surface area contributed by atoms with Crippen LogP contribution in [0.2, 0.25) is 0 Å². The first kappa shape index (κ1) is 14.3. The van der Waals surface area contributed by atoms with Crippen LogP contribution < -0.4 is 0 Å². The lowest BCUT2D eigenvalue weighted by Crippen LogP contribution is -2.32. The number of hydrogen-bond acceptors (Lipinski definition) is 6. The normalized spacial score (nSPS) is 17.1. The van der Waals surface area contributed by atoms with Gasteiger partial charge in [-0.1, -0.05) is 5.16 Å². The van der Waals surface area contributed by atoms with Crippen LogP contribution in [0.3, 0.4) is 0 Å². The first-order valence-electron chi connectivity index (χ1n) is 7.75. The fraction of sp³-hybridized carbons (Fsp3) is 0.438. The van der Waals surface area contributed by atoms with Crippen LogP contribution >= 0.6 is 0 Å². The van der Waals surface area contributed by atoms with E-state index in [1.165, 1.54) is 12.1 Å². The summed E-state index contributed by atoms with van der Waals surface area (Å²) in [5.41, 5.74) is 1.46. The number of aromatic nitrogens is 3. The van der Waals surface area contributed by atoms with E-state index in [-0.39, 0.29) is 5.82 Å². The van der Waals surface area contributed by atoms with E-state index in [2.05, 4.69) is 20.3 Å². The molecule has 0 amide bonds. The third-order valence-corrected chi connectivity index (χ3v) is 4.36. The van der Waals surface area contributed by atoms with E-state index >= 15 is 0 Å². The molecular formula is C16H17FN4O2. The van der Waals surface area contributed by atoms with Crippen molar-refractivity contribution in [3.63, 3.8) is 0 Å². The Kier molecular flexibility index (Phi) is 3.57. The summed E-state index contributed by atoms with van der Waals surface area (Å²) in [4.78, 5) is 2.30. The highest BCUT2D eigenvalue weighted by atomic mass is 19.1. The molecule has 0 bridgehead atoms. The minimum atomic E-state index is -0.301. The first-order chi connectivity index (χ1) is 11.2. The Hall–Kier alpha value is -2.28. The van der Waals surface area contributed by atoms with Gasteiger partial charge in [0, 0.05) is 24.3 Å². The van der Waals surface area contributed by atoms with Crippen molar-refractivity contribution in [3.05, 3.63) is 41.5 Å². The van der Waals surface area contributed by atoms with Crippen LogP contribution in [0.1, 0.15) is 36.2 Å². The van der Waals surface area contributed by atoms with Crippen LogP contribution in [0.4, 0.5) is 4.39 Å². The number of rotatable bonds is 3. The summed E-state index contributed by atoms with van der Waals surface area (Å²) in [5, 5.41) is 13.0. The molecule has 6 nitrogen and oxygen atoms in total. The summed E-state index contributed by atoms with van der Waals surface area (Å²) < 4.78 is 23.9. The SMILES string of the molecule is Cc1nnc(CN2CCC(c3noc4cc(F)ccc34)CC2)o1. The zero-order valence-corrected chi connectivity index (χ0v) is 12.8. The lowest BCUT2D eigenvalue weighted by molar-refractivity contribution is 0.184. The Balaban J connectivity index is 1.44. The van der Waals surface area contributed by atoms with Gasteiger partial charge in [0.15, 0.2) is 5.58 Å². The number of fused-ring (bicyclic) bond motifs is 1. The van der Waals surface area contributed by atoms with Crippen molar-refractivity contribution in [2.24, 2.45) is 0 Å². The monoisotopic (exact) mass is 316 g/mol. The van der Waals surface area contributed by atoms with Crippen molar-refractivity contribution in [1.82, 2.24) is 20.3 Å². The Morgan fingerprint density at radius 3 is 2.83 bits per heavy atom. The minimum absolute atomic E-state index is 0.301. The molecule has 7 heteroatoms. The van der Waals surface area contributed by atoms with Crippen molar-refractivity contribution in [2.45, 2.75) is 32.2 Å². The molecule has 0 saturated carbocycles. The quantitative estimate of drug-likeness (QED) is 0.740. The van der Waals surface area contributed by atoms with Gasteiger partial charge in [-0.2, -0.15) is 0 Å². The van der Waals surface area contributed by atoms with E-state index in [4.69, 9.17) is 8.94 Å². The average molecular weight is 316 g/mol. The summed E-state index contributed by atoms with van der Waals surface area (Å²) in [5.74, 6) is 1.28. The number of benzene rings is 1. The molecule has 0 aliphatic carbocycles. The van der Waals surface area contributed by atoms with E-state index in [9.17, 15) is 4.39 Å². The first-order valence-corrected chi connectivity index (χ1v) is 7.75. The van der Waals surface area contributed by atoms with Crippen LogP contribution in [-0.4, -0.2) is 33.3 Å². The Morgan fingerprint density at radius 2 is 2.09 bits per heavy atom. The summed E-state index contributed by atoms with van der Waals surface area (Å²) in [6.45, 7) is 4.34. The van der Waals surface area contributed by atoms with Gasteiger partial charge in [0.05, 0.1) is 12.2 Å². The topological polar surface area (TPSA) is 68.2 Å². The molecule has 0 N–H and O–H groups in total. The number of piperidine rings is 1. The second-order valence-electron chi connectivity index (χ2n) is 5.97. The molecule has 0 spiro atoms. The second-order valence-corrected chi connectivity index (χ2v) is 5.97. The summed E-state index contributed by atoms with van der Waals surface area (Å²) >= 11 is 0. The smallest absolute Gasteiger partial charge is 0.230 e. The van der Waals surface area contributed by atoms with Gasteiger partial charge in [-0.25, -0.2) is 4.39 Å². The number of aryl methyl sites for hydroxylation is 1. The van der Waals surface area contributed by atoms with E-state index in [0.29, 0.717) is 29.8 Å². The van der Waals surface area contributed by atoms with Gasteiger partial charge in [0.25, 0.3) is 0 Å². The van der Waals surface area contributed by atoms with Gasteiger partial charge < -0.3 is 8.94 Å². The molecule has 120 valence electrons. The maximum Gasteiger partial charge on any atom is 0.230 e. The van der Waals surface area contributed by atoms with Crippen molar-refractivity contribution in [2.75, 3.05) is 13.1 Å². The molecule has 4 rings (SSSR count). The molecule has 23 heavy (non-hydrogen) atoms. The van der Waals surface area contributed by atoms with Crippen molar-refractivity contribution in [3.8, 4) is 0 Å². The number of nitrogens with zero attached hydrogens (tertiary/aromatic N) is 4. The minimum Gasteiger partial charge on any atom is -0.424 e. The number of hydrogen-bond donors (Lipinski definition) is 0. The molecule has 2 aromatic heterocycles. The maximum absolute atomic E-state index is 13.2. The van der Waals surface area contributed by atoms with E-state index in [1.54, 1.807) is 13.0 Å². The lowest BCUT2D eigenvalue weighted by Gasteiger charge is -2.29. The highest BCUT2D eigenvalue weighted by Gasteiger charge is 2.25. The zero-order chi connectivity index (χ0) is 15.8. The summed E-state index contributed by atoms with van der Waals surface area (Å²) in [6.07, 6.45) is 1.96. The van der Waals surface area contributed by atoms with Gasteiger partial charge >= 0.3 is 0 Å². The fourth-order valence-electron chi connectivity index (χ4n) is 3.18. The van der Waals surface area contributed by atoms with E-state index in [1.807, 2.05) is 0 Å². The molecule has 1 aliphatic heterocycles. The third-order valence-electron chi connectivity index (χ3n) is 4.36. The highest BCUT2D eigenvalue weighted by Crippen LogP contribution is 2.33. The fourth-order valence-corrected chi connectivity index (χ4v) is 3.18. The number of halogens is 1. The van der Waals surface area contributed by atoms with Crippen LogP contribution in [0.25, 0.3) is 11.0 Å². The van der Waals surface area contributed by atoms with E-state index in [0.717, 1.165) is 37.0 Å². The Labute approximate surface area is 132 Å². The molecule has 1 fully saturated rings. The Morgan fingerprint density at radius 1 is 1.26 bits per heavy atom. The van der Waals surface area contributed by atoms with Crippen LogP contribution in [0, 0.1) is 12.7 Å². The van der Waals surface area contributed by atoms with Gasteiger partial charge in [0.1, 0.15) is 5.82 Å². The van der Waals surface area contributed by atoms with E-state index < -0.39 is 0 Å². The van der Waals surface area contributed by atoms with Gasteiger partial charge in [0.2, 0.25) is 11.8 Å². The molecular weight excluding hydrogens is 299 g/mol. The highest BCUT2D eigenvalue weighted by molar-refractivity contribution is 5.79. The third kappa shape index (κ3) is 2.84. The van der Waals surface area contributed by atoms with Crippen LogP contribution in [-0.2, 0) is 6.54 Å². The van der Waals surface area contributed by atoms with Crippen LogP contribution in [0.15, 0.2) is 27.1 Å².